The Kier molecular flexibility index (Phi) is 5.43. The smallest absolute Gasteiger partial charge is 0.225 e. The molecule has 1 aromatic carbocycles. The van der Waals surface area contributed by atoms with E-state index in [1.54, 1.807) is 18.3 Å². The molecule has 0 saturated heterocycles. The molecule has 130 valence electrons. The molecular formula is C17H23N3O3S. The molecule has 0 radical (unpaired) electrons. The van der Waals surface area contributed by atoms with Crippen molar-refractivity contribution in [2.75, 3.05) is 6.26 Å². The average Bonchev–Trinajstić information content (AvgIpc) is 2.90. The Morgan fingerprint density at radius 3 is 2.33 bits per heavy atom. The lowest BCUT2D eigenvalue weighted by Crippen LogP contribution is -2.34. The van der Waals surface area contributed by atoms with Crippen LogP contribution in [0.1, 0.15) is 31.3 Å². The highest BCUT2D eigenvalue weighted by Crippen LogP contribution is 2.20. The molecule has 1 aromatic heterocycles. The Morgan fingerprint density at radius 1 is 1.25 bits per heavy atom. The number of hydrogen-bond donors (Lipinski definition) is 1. The molecule has 0 aliphatic carbocycles. The zero-order valence-corrected chi connectivity index (χ0v) is 15.2. The van der Waals surface area contributed by atoms with Gasteiger partial charge >= 0.3 is 0 Å². The molecule has 24 heavy (non-hydrogen) atoms. The van der Waals surface area contributed by atoms with E-state index in [2.05, 4.69) is 10.3 Å². The maximum Gasteiger partial charge on any atom is 0.225 e. The SMILES string of the molecule is CC(C)[C@@H](NC(=O)Cc1ccc(S(C)(=O)=O)cc1)c1nccn1C. The summed E-state index contributed by atoms with van der Waals surface area (Å²) in [5.41, 5.74) is 0.766. The Labute approximate surface area is 142 Å². The number of imidazole rings is 1. The molecule has 0 unspecified atom stereocenters. The fourth-order valence-corrected chi connectivity index (χ4v) is 3.10. The van der Waals surface area contributed by atoms with Crippen molar-refractivity contribution in [2.24, 2.45) is 13.0 Å². The van der Waals surface area contributed by atoms with Gasteiger partial charge in [0.25, 0.3) is 0 Å². The monoisotopic (exact) mass is 349 g/mol. The van der Waals surface area contributed by atoms with Crippen LogP contribution in [0.2, 0.25) is 0 Å². The summed E-state index contributed by atoms with van der Waals surface area (Å²) in [4.78, 5) is 16.9. The van der Waals surface area contributed by atoms with Crippen LogP contribution >= 0.6 is 0 Å². The van der Waals surface area contributed by atoms with Gasteiger partial charge in [-0.05, 0) is 23.6 Å². The molecule has 2 rings (SSSR count). The highest BCUT2D eigenvalue weighted by molar-refractivity contribution is 7.90. The van der Waals surface area contributed by atoms with Crippen LogP contribution in [-0.4, -0.2) is 30.1 Å². The van der Waals surface area contributed by atoms with Crippen LogP contribution < -0.4 is 5.32 Å². The number of rotatable bonds is 6. The summed E-state index contributed by atoms with van der Waals surface area (Å²) in [5.74, 6) is 0.886. The fraction of sp³-hybridized carbons (Fsp3) is 0.412. The van der Waals surface area contributed by atoms with Gasteiger partial charge in [0.2, 0.25) is 5.91 Å². The molecule has 1 heterocycles. The maximum absolute atomic E-state index is 12.3. The summed E-state index contributed by atoms with van der Waals surface area (Å²) in [6.07, 6.45) is 4.91. The molecule has 0 bridgehead atoms. The first-order valence-corrected chi connectivity index (χ1v) is 9.63. The molecule has 0 aliphatic heterocycles. The van der Waals surface area contributed by atoms with E-state index in [4.69, 9.17) is 0 Å². The van der Waals surface area contributed by atoms with Crippen molar-refractivity contribution >= 4 is 15.7 Å². The predicted octanol–water partition coefficient (Wildman–Crippen LogP) is 1.88. The van der Waals surface area contributed by atoms with E-state index in [0.29, 0.717) is 0 Å². The van der Waals surface area contributed by atoms with Gasteiger partial charge in [0.1, 0.15) is 5.82 Å². The van der Waals surface area contributed by atoms with E-state index in [1.165, 1.54) is 12.1 Å². The third-order valence-corrected chi connectivity index (χ3v) is 4.96. The van der Waals surface area contributed by atoms with E-state index in [0.717, 1.165) is 17.6 Å². The fourth-order valence-electron chi connectivity index (χ4n) is 2.47. The van der Waals surface area contributed by atoms with Gasteiger partial charge in [-0.1, -0.05) is 26.0 Å². The van der Waals surface area contributed by atoms with Gasteiger partial charge in [-0.2, -0.15) is 0 Å². The highest BCUT2D eigenvalue weighted by Gasteiger charge is 2.22. The van der Waals surface area contributed by atoms with E-state index in [1.807, 2.05) is 31.7 Å². The molecular weight excluding hydrogens is 326 g/mol. The zero-order valence-electron chi connectivity index (χ0n) is 14.4. The van der Waals surface area contributed by atoms with Crippen LogP contribution in [-0.2, 0) is 28.1 Å². The molecule has 0 fully saturated rings. The van der Waals surface area contributed by atoms with Gasteiger partial charge in [0, 0.05) is 25.7 Å². The van der Waals surface area contributed by atoms with Crippen molar-refractivity contribution in [3.63, 3.8) is 0 Å². The van der Waals surface area contributed by atoms with Crippen LogP contribution in [0.15, 0.2) is 41.6 Å². The zero-order chi connectivity index (χ0) is 17.9. The van der Waals surface area contributed by atoms with Crippen molar-refractivity contribution in [1.29, 1.82) is 0 Å². The van der Waals surface area contributed by atoms with Gasteiger partial charge in [-0.15, -0.1) is 0 Å². The normalized spacial score (nSPS) is 13.0. The molecule has 0 saturated carbocycles. The molecule has 7 heteroatoms. The molecule has 0 spiro atoms. The Bertz CT molecular complexity index is 808. The van der Waals surface area contributed by atoms with Gasteiger partial charge in [0.15, 0.2) is 9.84 Å². The second-order valence-electron chi connectivity index (χ2n) is 6.28. The van der Waals surface area contributed by atoms with Crippen molar-refractivity contribution in [3.8, 4) is 0 Å². The van der Waals surface area contributed by atoms with Gasteiger partial charge in [-0.3, -0.25) is 4.79 Å². The van der Waals surface area contributed by atoms with E-state index in [-0.39, 0.29) is 29.2 Å². The number of carbonyl (C=O) groups is 1. The van der Waals surface area contributed by atoms with Gasteiger partial charge in [-0.25, -0.2) is 13.4 Å². The van der Waals surface area contributed by atoms with Crippen molar-refractivity contribution < 1.29 is 13.2 Å². The summed E-state index contributed by atoms with van der Waals surface area (Å²) in [6, 6.07) is 6.21. The van der Waals surface area contributed by atoms with Crippen LogP contribution in [0, 0.1) is 5.92 Å². The number of benzene rings is 1. The maximum atomic E-state index is 12.3. The number of hydrogen-bond acceptors (Lipinski definition) is 4. The first kappa shape index (κ1) is 18.2. The predicted molar refractivity (Wildman–Crippen MR) is 92.2 cm³/mol. The average molecular weight is 349 g/mol. The number of carbonyl (C=O) groups excluding carboxylic acids is 1. The first-order chi connectivity index (χ1) is 11.2. The summed E-state index contributed by atoms with van der Waals surface area (Å²) in [7, 11) is -1.33. The molecule has 2 aromatic rings. The lowest BCUT2D eigenvalue weighted by molar-refractivity contribution is -0.121. The Balaban J connectivity index is 2.08. The quantitative estimate of drug-likeness (QED) is 0.863. The molecule has 1 atom stereocenters. The second-order valence-corrected chi connectivity index (χ2v) is 8.29. The second kappa shape index (κ2) is 7.17. The van der Waals surface area contributed by atoms with Gasteiger partial charge in [0.05, 0.1) is 17.4 Å². The topological polar surface area (TPSA) is 81.1 Å². The van der Waals surface area contributed by atoms with Crippen LogP contribution in [0.4, 0.5) is 0 Å². The number of nitrogens with zero attached hydrogens (tertiary/aromatic N) is 2. The standard InChI is InChI=1S/C17H23N3O3S/c1-12(2)16(17-18-9-10-20(17)3)19-15(21)11-13-5-7-14(8-6-13)24(4,22)23/h5-10,12,16H,11H2,1-4H3,(H,19,21)/t16-/m1/s1. The number of amides is 1. The molecule has 0 aliphatic rings. The van der Waals surface area contributed by atoms with Crippen LogP contribution in [0.5, 0.6) is 0 Å². The summed E-state index contributed by atoms with van der Waals surface area (Å²) in [5, 5.41) is 3.01. The van der Waals surface area contributed by atoms with E-state index >= 15 is 0 Å². The van der Waals surface area contributed by atoms with Crippen molar-refractivity contribution in [2.45, 2.75) is 31.2 Å². The number of aryl methyl sites for hydroxylation is 1. The largest absolute Gasteiger partial charge is 0.346 e. The summed E-state index contributed by atoms with van der Waals surface area (Å²) >= 11 is 0. The summed E-state index contributed by atoms with van der Waals surface area (Å²) in [6.45, 7) is 4.06. The van der Waals surface area contributed by atoms with Crippen LogP contribution in [0.25, 0.3) is 0 Å². The first-order valence-electron chi connectivity index (χ1n) is 7.74. The van der Waals surface area contributed by atoms with E-state index in [9.17, 15) is 13.2 Å². The molecule has 1 amide bonds. The minimum atomic E-state index is -3.22. The third kappa shape index (κ3) is 4.44. The third-order valence-electron chi connectivity index (χ3n) is 3.84. The number of sulfone groups is 1. The number of aromatic nitrogens is 2. The lowest BCUT2D eigenvalue weighted by atomic mass is 10.0. The minimum absolute atomic E-state index is 0.121. The minimum Gasteiger partial charge on any atom is -0.346 e. The number of nitrogens with one attached hydrogen (secondary N) is 1. The van der Waals surface area contributed by atoms with Gasteiger partial charge < -0.3 is 9.88 Å². The van der Waals surface area contributed by atoms with Crippen molar-refractivity contribution in [3.05, 3.63) is 48.0 Å². The molecule has 1 N–H and O–H groups in total. The highest BCUT2D eigenvalue weighted by atomic mass is 32.2. The van der Waals surface area contributed by atoms with Crippen LogP contribution in [0.3, 0.4) is 0 Å². The summed E-state index contributed by atoms with van der Waals surface area (Å²) < 4.78 is 24.8. The van der Waals surface area contributed by atoms with E-state index < -0.39 is 9.84 Å². The Hall–Kier alpha value is -2.15. The Morgan fingerprint density at radius 2 is 1.88 bits per heavy atom. The van der Waals surface area contributed by atoms with Crippen molar-refractivity contribution in [1.82, 2.24) is 14.9 Å². The lowest BCUT2D eigenvalue weighted by Gasteiger charge is -2.22. The molecule has 6 nitrogen and oxygen atoms in total.